The van der Waals surface area contributed by atoms with Crippen LogP contribution in [0.5, 0.6) is 0 Å². The number of carbonyl (C=O) groups excluding carboxylic acids is 1. The van der Waals surface area contributed by atoms with E-state index in [0.717, 1.165) is 0 Å². The Kier molecular flexibility index (Phi) is 1.81. The minimum Gasteiger partial charge on any atom is -0.384 e. The molecule has 6 heteroatoms. The van der Waals surface area contributed by atoms with Crippen LogP contribution in [0.4, 0.5) is 5.82 Å². The van der Waals surface area contributed by atoms with E-state index in [2.05, 4.69) is 10.2 Å². The zero-order valence-corrected chi connectivity index (χ0v) is 7.58. The van der Waals surface area contributed by atoms with Gasteiger partial charge in [-0.2, -0.15) is 10.2 Å². The number of hydrogen-bond acceptors (Lipinski definition) is 4. The Morgan fingerprint density at radius 1 is 1.57 bits per heavy atom. The van der Waals surface area contributed by atoms with Crippen molar-refractivity contribution in [2.24, 2.45) is 7.05 Å². The second-order valence-corrected chi connectivity index (χ2v) is 2.83. The van der Waals surface area contributed by atoms with Crippen LogP contribution in [0.25, 0.3) is 0 Å². The first kappa shape index (κ1) is 8.49. The van der Waals surface area contributed by atoms with Crippen molar-refractivity contribution in [3.05, 3.63) is 30.2 Å². The maximum atomic E-state index is 11.6. The first-order chi connectivity index (χ1) is 6.68. The van der Waals surface area contributed by atoms with Crippen molar-refractivity contribution in [1.82, 2.24) is 19.6 Å². The fraction of sp³-hybridized carbons (Fsp3) is 0.125. The van der Waals surface area contributed by atoms with Gasteiger partial charge in [0.25, 0.3) is 5.91 Å². The SMILES string of the molecule is Cn1nc(C(=O)n2cccn2)cc1N. The van der Waals surface area contributed by atoms with Gasteiger partial charge in [-0.25, -0.2) is 4.68 Å². The summed E-state index contributed by atoms with van der Waals surface area (Å²) < 4.78 is 2.65. The third kappa shape index (κ3) is 1.26. The molecule has 0 aliphatic carbocycles. The number of aromatic nitrogens is 4. The summed E-state index contributed by atoms with van der Waals surface area (Å²) in [6, 6.07) is 3.19. The maximum Gasteiger partial charge on any atom is 0.298 e. The summed E-state index contributed by atoms with van der Waals surface area (Å²) in [6.07, 6.45) is 3.09. The zero-order chi connectivity index (χ0) is 10.1. The van der Waals surface area contributed by atoms with E-state index in [0.29, 0.717) is 5.82 Å². The van der Waals surface area contributed by atoms with Crippen LogP contribution in [0, 0.1) is 0 Å². The number of aryl methyl sites for hydroxylation is 1. The normalized spacial score (nSPS) is 10.4. The van der Waals surface area contributed by atoms with Crippen molar-refractivity contribution in [3.8, 4) is 0 Å². The minimum absolute atomic E-state index is 0.286. The van der Waals surface area contributed by atoms with Crippen LogP contribution in [0.1, 0.15) is 10.5 Å². The van der Waals surface area contributed by atoms with Crippen LogP contribution in [0.3, 0.4) is 0 Å². The molecule has 6 nitrogen and oxygen atoms in total. The Bertz CT molecular complexity index is 437. The van der Waals surface area contributed by atoms with Gasteiger partial charge in [0.15, 0.2) is 5.69 Å². The maximum absolute atomic E-state index is 11.6. The molecule has 0 aromatic carbocycles. The molecule has 0 aliphatic heterocycles. The smallest absolute Gasteiger partial charge is 0.298 e. The van der Waals surface area contributed by atoms with Crippen molar-refractivity contribution >= 4 is 11.7 Å². The molecular formula is C8H9N5O. The molecule has 14 heavy (non-hydrogen) atoms. The summed E-state index contributed by atoms with van der Waals surface area (Å²) in [5.41, 5.74) is 5.84. The summed E-state index contributed by atoms with van der Waals surface area (Å²) in [4.78, 5) is 11.6. The van der Waals surface area contributed by atoms with Crippen molar-refractivity contribution in [2.45, 2.75) is 0 Å². The lowest BCUT2D eigenvalue weighted by Crippen LogP contribution is -2.13. The van der Waals surface area contributed by atoms with E-state index in [1.165, 1.54) is 21.6 Å². The highest BCUT2D eigenvalue weighted by atomic mass is 16.2. The lowest BCUT2D eigenvalue weighted by atomic mass is 10.4. The van der Waals surface area contributed by atoms with E-state index < -0.39 is 0 Å². The number of nitrogens with two attached hydrogens (primary N) is 1. The number of hydrogen-bond donors (Lipinski definition) is 1. The van der Waals surface area contributed by atoms with Gasteiger partial charge in [0.2, 0.25) is 0 Å². The first-order valence-electron chi connectivity index (χ1n) is 4.02. The molecule has 2 N–H and O–H groups in total. The van der Waals surface area contributed by atoms with E-state index in [4.69, 9.17) is 5.73 Å². The molecule has 2 aromatic heterocycles. The summed E-state index contributed by atoms with van der Waals surface area (Å²) in [5, 5.41) is 7.76. The van der Waals surface area contributed by atoms with Crippen LogP contribution in [0.15, 0.2) is 24.5 Å². The third-order valence-electron chi connectivity index (χ3n) is 1.85. The average molecular weight is 191 g/mol. The lowest BCUT2D eigenvalue weighted by Gasteiger charge is -1.94. The van der Waals surface area contributed by atoms with Crippen molar-refractivity contribution in [2.75, 3.05) is 5.73 Å². The molecule has 0 atom stereocenters. The van der Waals surface area contributed by atoms with Crippen molar-refractivity contribution < 1.29 is 4.79 Å². The molecule has 0 bridgehead atoms. The molecule has 0 fully saturated rings. The Morgan fingerprint density at radius 2 is 2.36 bits per heavy atom. The number of anilines is 1. The number of carbonyl (C=O) groups is 1. The van der Waals surface area contributed by atoms with Crippen LogP contribution in [-0.4, -0.2) is 25.5 Å². The summed E-state index contributed by atoms with van der Waals surface area (Å²) in [6.45, 7) is 0. The fourth-order valence-corrected chi connectivity index (χ4v) is 1.09. The molecule has 2 rings (SSSR count). The van der Waals surface area contributed by atoms with E-state index >= 15 is 0 Å². The molecule has 0 radical (unpaired) electrons. The molecule has 0 amide bonds. The van der Waals surface area contributed by atoms with Gasteiger partial charge in [0.05, 0.1) is 0 Å². The van der Waals surface area contributed by atoms with E-state index in [1.807, 2.05) is 0 Å². The van der Waals surface area contributed by atoms with Gasteiger partial charge in [0.1, 0.15) is 5.82 Å². The topological polar surface area (TPSA) is 78.7 Å². The van der Waals surface area contributed by atoms with Gasteiger partial charge >= 0.3 is 0 Å². The van der Waals surface area contributed by atoms with Crippen LogP contribution in [-0.2, 0) is 7.05 Å². The molecule has 0 spiro atoms. The predicted molar refractivity (Wildman–Crippen MR) is 49.6 cm³/mol. The quantitative estimate of drug-likeness (QED) is 0.682. The van der Waals surface area contributed by atoms with Crippen LogP contribution < -0.4 is 5.73 Å². The molecular weight excluding hydrogens is 182 g/mol. The standard InChI is InChI=1S/C8H9N5O/c1-12-7(9)5-6(11-12)8(14)13-4-2-3-10-13/h2-5H,9H2,1H3. The Hall–Kier alpha value is -2.11. The van der Waals surface area contributed by atoms with Crippen molar-refractivity contribution in [3.63, 3.8) is 0 Å². The van der Waals surface area contributed by atoms with Gasteiger partial charge in [-0.15, -0.1) is 0 Å². The van der Waals surface area contributed by atoms with Gasteiger partial charge in [0, 0.05) is 25.5 Å². The zero-order valence-electron chi connectivity index (χ0n) is 7.58. The second-order valence-electron chi connectivity index (χ2n) is 2.83. The Morgan fingerprint density at radius 3 is 2.86 bits per heavy atom. The summed E-state index contributed by atoms with van der Waals surface area (Å²) in [5.74, 6) is 0.155. The predicted octanol–water partition coefficient (Wildman–Crippen LogP) is -0.113. The Labute approximate surface area is 79.9 Å². The van der Waals surface area contributed by atoms with E-state index in [-0.39, 0.29) is 11.6 Å². The second kappa shape index (κ2) is 2.99. The largest absolute Gasteiger partial charge is 0.384 e. The average Bonchev–Trinajstić information content (AvgIpc) is 2.76. The number of nitrogen functional groups attached to an aromatic ring is 1. The van der Waals surface area contributed by atoms with Gasteiger partial charge in [-0.3, -0.25) is 9.48 Å². The van der Waals surface area contributed by atoms with E-state index in [9.17, 15) is 4.79 Å². The third-order valence-corrected chi connectivity index (χ3v) is 1.85. The molecule has 0 saturated heterocycles. The highest BCUT2D eigenvalue weighted by Gasteiger charge is 2.13. The molecule has 0 saturated carbocycles. The summed E-state index contributed by atoms with van der Waals surface area (Å²) >= 11 is 0. The lowest BCUT2D eigenvalue weighted by molar-refractivity contribution is 0.0939. The molecule has 2 aromatic rings. The van der Waals surface area contributed by atoms with Gasteiger partial charge < -0.3 is 5.73 Å². The monoisotopic (exact) mass is 191 g/mol. The van der Waals surface area contributed by atoms with Crippen molar-refractivity contribution in [1.29, 1.82) is 0 Å². The molecule has 72 valence electrons. The highest BCUT2D eigenvalue weighted by Crippen LogP contribution is 2.05. The fourth-order valence-electron chi connectivity index (χ4n) is 1.09. The van der Waals surface area contributed by atoms with Crippen LogP contribution in [0.2, 0.25) is 0 Å². The first-order valence-corrected chi connectivity index (χ1v) is 4.02. The molecule has 0 unspecified atom stereocenters. The van der Waals surface area contributed by atoms with Crippen LogP contribution >= 0.6 is 0 Å². The highest BCUT2D eigenvalue weighted by molar-refractivity contribution is 5.94. The Balaban J connectivity index is 2.37. The number of rotatable bonds is 1. The van der Waals surface area contributed by atoms with Gasteiger partial charge in [-0.05, 0) is 6.07 Å². The minimum atomic E-state index is -0.290. The molecule has 0 aliphatic rings. The van der Waals surface area contributed by atoms with E-state index in [1.54, 1.807) is 19.3 Å². The summed E-state index contributed by atoms with van der Waals surface area (Å²) in [7, 11) is 1.68. The number of nitrogens with zero attached hydrogens (tertiary/aromatic N) is 4. The van der Waals surface area contributed by atoms with Gasteiger partial charge in [-0.1, -0.05) is 0 Å². The molecule has 2 heterocycles.